The topological polar surface area (TPSA) is 30.7 Å². The lowest BCUT2D eigenvalue weighted by atomic mass is 9.70. The summed E-state index contributed by atoms with van der Waals surface area (Å²) < 4.78 is 2.38. The predicted octanol–water partition coefficient (Wildman–Crippen LogP) is 16.3. The van der Waals surface area contributed by atoms with Gasteiger partial charge in [0.1, 0.15) is 0 Å². The molecule has 0 amide bonds. The zero-order valence-electron chi connectivity index (χ0n) is 35.7. The second-order valence-corrected chi connectivity index (χ2v) is 17.2. The molecule has 0 bridgehead atoms. The summed E-state index contributed by atoms with van der Waals surface area (Å²) in [4.78, 5) is 10.6. The average molecular weight is 786 g/mol. The third-order valence-electron chi connectivity index (χ3n) is 13.2. The summed E-state index contributed by atoms with van der Waals surface area (Å²) in [6.07, 6.45) is 18.2. The summed E-state index contributed by atoms with van der Waals surface area (Å²) in [7, 11) is 0. The molecular formula is C57H59N3. The number of aromatic nitrogens is 3. The van der Waals surface area contributed by atoms with Gasteiger partial charge in [0.15, 0.2) is 5.82 Å². The van der Waals surface area contributed by atoms with Crippen LogP contribution in [-0.2, 0) is 5.41 Å². The summed E-state index contributed by atoms with van der Waals surface area (Å²) in [6.45, 7) is 4.62. The first-order valence-electron chi connectivity index (χ1n) is 23.0. The van der Waals surface area contributed by atoms with Crippen molar-refractivity contribution in [3.63, 3.8) is 0 Å². The lowest BCUT2D eigenvalue weighted by Crippen LogP contribution is -2.25. The van der Waals surface area contributed by atoms with Crippen LogP contribution >= 0.6 is 0 Å². The first-order chi connectivity index (χ1) is 29.7. The Morgan fingerprint density at radius 1 is 0.417 bits per heavy atom. The van der Waals surface area contributed by atoms with Gasteiger partial charge >= 0.3 is 0 Å². The van der Waals surface area contributed by atoms with Gasteiger partial charge in [-0.3, -0.25) is 0 Å². The third kappa shape index (κ3) is 7.83. The van der Waals surface area contributed by atoms with Gasteiger partial charge in [-0.25, -0.2) is 9.97 Å². The molecule has 1 aliphatic carbocycles. The van der Waals surface area contributed by atoms with Crippen LogP contribution in [0.15, 0.2) is 152 Å². The van der Waals surface area contributed by atoms with E-state index < -0.39 is 0 Å². The summed E-state index contributed by atoms with van der Waals surface area (Å²) in [6, 6.07) is 55.6. The summed E-state index contributed by atoms with van der Waals surface area (Å²) in [5, 5.41) is 2.54. The molecule has 0 saturated carbocycles. The van der Waals surface area contributed by atoms with E-state index in [1.54, 1.807) is 0 Å². The number of hydrogen-bond donors (Lipinski definition) is 0. The second kappa shape index (κ2) is 18.2. The van der Waals surface area contributed by atoms with Gasteiger partial charge in [0, 0.05) is 38.6 Å². The van der Waals surface area contributed by atoms with Gasteiger partial charge in [-0.15, -0.1) is 0 Å². The van der Waals surface area contributed by atoms with Crippen molar-refractivity contribution in [3.8, 4) is 50.7 Å². The molecule has 9 rings (SSSR count). The average Bonchev–Trinajstić information content (AvgIpc) is 3.79. The van der Waals surface area contributed by atoms with E-state index in [0.717, 1.165) is 34.0 Å². The van der Waals surface area contributed by atoms with Gasteiger partial charge in [-0.05, 0) is 71.5 Å². The zero-order chi connectivity index (χ0) is 40.7. The molecule has 0 atom stereocenters. The van der Waals surface area contributed by atoms with Crippen molar-refractivity contribution in [1.82, 2.24) is 14.5 Å². The molecule has 3 nitrogen and oxygen atoms in total. The monoisotopic (exact) mass is 785 g/mol. The Bertz CT molecular complexity index is 2620. The molecule has 3 heteroatoms. The highest BCUT2D eigenvalue weighted by Crippen LogP contribution is 2.55. The Morgan fingerprint density at radius 3 is 1.58 bits per heavy atom. The fraction of sp³-hybridized carbons (Fsp3) is 0.298. The lowest BCUT2D eigenvalue weighted by molar-refractivity contribution is 0.398. The molecule has 8 aromatic rings. The quantitative estimate of drug-likeness (QED) is 0.0811. The van der Waals surface area contributed by atoms with Crippen LogP contribution < -0.4 is 0 Å². The molecule has 60 heavy (non-hydrogen) atoms. The third-order valence-corrected chi connectivity index (χ3v) is 13.2. The molecule has 0 saturated heterocycles. The first-order valence-corrected chi connectivity index (χ1v) is 23.0. The smallest absolute Gasteiger partial charge is 0.160 e. The van der Waals surface area contributed by atoms with Crippen molar-refractivity contribution in [2.45, 2.75) is 109 Å². The van der Waals surface area contributed by atoms with Gasteiger partial charge in [0.05, 0.1) is 22.4 Å². The van der Waals surface area contributed by atoms with E-state index in [2.05, 4.69) is 170 Å². The highest BCUT2D eigenvalue weighted by molar-refractivity contribution is 6.09. The standard InChI is InChI=1S/C57H59N3/c1-3-5-7-9-11-22-38-57(39-23-12-10-8-6-4-2)50-29-19-16-26-46(50)47-37-34-44(40-51(47)57)53-41-52(58-56(59-53)43-24-14-13-15-25-43)42-32-35-45(36-33-42)60-54-30-20-17-27-48(54)49-28-18-21-31-55(49)60/h13-21,24-37,40-41H,3-12,22-23,38-39H2,1-2H3. The molecule has 0 N–H and O–H groups in total. The number of nitrogens with zero attached hydrogens (tertiary/aromatic N) is 3. The number of benzene rings is 6. The van der Waals surface area contributed by atoms with Crippen molar-refractivity contribution in [2.24, 2.45) is 0 Å². The van der Waals surface area contributed by atoms with Crippen LogP contribution in [0.3, 0.4) is 0 Å². The summed E-state index contributed by atoms with van der Waals surface area (Å²) >= 11 is 0. The molecule has 0 fully saturated rings. The second-order valence-electron chi connectivity index (χ2n) is 17.2. The van der Waals surface area contributed by atoms with Gasteiger partial charge in [0.25, 0.3) is 0 Å². The van der Waals surface area contributed by atoms with Crippen LogP contribution in [0, 0.1) is 0 Å². The minimum Gasteiger partial charge on any atom is -0.309 e. The van der Waals surface area contributed by atoms with Gasteiger partial charge < -0.3 is 4.57 Å². The Labute approximate surface area is 357 Å². The number of unbranched alkanes of at least 4 members (excludes halogenated alkanes) is 10. The molecule has 2 heterocycles. The molecule has 0 aliphatic heterocycles. The maximum atomic E-state index is 5.34. The highest BCUT2D eigenvalue weighted by atomic mass is 15.0. The van der Waals surface area contributed by atoms with Crippen molar-refractivity contribution < 1.29 is 0 Å². The fourth-order valence-corrected chi connectivity index (χ4v) is 10.1. The van der Waals surface area contributed by atoms with E-state index in [0.29, 0.717) is 0 Å². The van der Waals surface area contributed by atoms with Gasteiger partial charge in [-0.1, -0.05) is 206 Å². The molecule has 2 aromatic heterocycles. The van der Waals surface area contributed by atoms with Crippen molar-refractivity contribution in [2.75, 3.05) is 0 Å². The fourth-order valence-electron chi connectivity index (χ4n) is 10.1. The number of hydrogen-bond acceptors (Lipinski definition) is 2. The molecule has 6 aromatic carbocycles. The van der Waals surface area contributed by atoms with Crippen molar-refractivity contribution in [1.29, 1.82) is 0 Å². The minimum absolute atomic E-state index is 0.0121. The van der Waals surface area contributed by atoms with Crippen LogP contribution in [0.4, 0.5) is 0 Å². The molecular weight excluding hydrogens is 727 g/mol. The Kier molecular flexibility index (Phi) is 12.0. The first kappa shape index (κ1) is 39.6. The minimum atomic E-state index is 0.0121. The van der Waals surface area contributed by atoms with Crippen LogP contribution in [0.1, 0.15) is 115 Å². The SMILES string of the molecule is CCCCCCCCC1(CCCCCCCC)c2ccccc2-c2ccc(-c3cc(-c4ccc(-n5c6ccccc6c6ccccc65)cc4)nc(-c4ccccc4)n3)cc21. The Hall–Kier alpha value is -5.80. The molecule has 0 radical (unpaired) electrons. The Balaban J connectivity index is 1.11. The van der Waals surface area contributed by atoms with E-state index >= 15 is 0 Å². The van der Waals surface area contributed by atoms with Gasteiger partial charge in [0.2, 0.25) is 0 Å². The normalized spacial score (nSPS) is 12.9. The van der Waals surface area contributed by atoms with E-state index in [-0.39, 0.29) is 5.41 Å². The van der Waals surface area contributed by atoms with Crippen LogP contribution in [0.5, 0.6) is 0 Å². The summed E-state index contributed by atoms with van der Waals surface area (Å²) in [5.41, 5.74) is 14.6. The van der Waals surface area contributed by atoms with Gasteiger partial charge in [-0.2, -0.15) is 0 Å². The van der Waals surface area contributed by atoms with Crippen LogP contribution in [-0.4, -0.2) is 14.5 Å². The number of para-hydroxylation sites is 2. The van der Waals surface area contributed by atoms with Crippen molar-refractivity contribution in [3.05, 3.63) is 163 Å². The number of fused-ring (bicyclic) bond motifs is 6. The molecule has 0 spiro atoms. The summed E-state index contributed by atoms with van der Waals surface area (Å²) in [5.74, 6) is 0.754. The van der Waals surface area contributed by atoms with Crippen LogP contribution in [0.2, 0.25) is 0 Å². The predicted molar refractivity (Wildman–Crippen MR) is 255 cm³/mol. The maximum Gasteiger partial charge on any atom is 0.160 e. The molecule has 0 unspecified atom stereocenters. The van der Waals surface area contributed by atoms with E-state index in [9.17, 15) is 0 Å². The van der Waals surface area contributed by atoms with E-state index in [4.69, 9.17) is 9.97 Å². The molecule has 1 aliphatic rings. The van der Waals surface area contributed by atoms with Crippen molar-refractivity contribution >= 4 is 21.8 Å². The zero-order valence-corrected chi connectivity index (χ0v) is 35.7. The lowest BCUT2D eigenvalue weighted by Gasteiger charge is -2.33. The van der Waals surface area contributed by atoms with E-state index in [1.807, 2.05) is 0 Å². The van der Waals surface area contributed by atoms with Crippen LogP contribution in [0.25, 0.3) is 72.5 Å². The maximum absolute atomic E-state index is 5.34. The molecule has 302 valence electrons. The number of rotatable bonds is 18. The largest absolute Gasteiger partial charge is 0.309 e. The van der Waals surface area contributed by atoms with E-state index in [1.165, 1.54) is 140 Å². The Morgan fingerprint density at radius 2 is 0.933 bits per heavy atom. The highest BCUT2D eigenvalue weighted by Gasteiger charge is 2.42.